The van der Waals surface area contributed by atoms with Crippen molar-refractivity contribution >= 4 is 23.2 Å². The normalized spacial score (nSPS) is 15.8. The van der Waals surface area contributed by atoms with Crippen molar-refractivity contribution in [3.63, 3.8) is 0 Å². The Bertz CT molecular complexity index is 865. The molecule has 3 rings (SSSR count). The number of amides is 1. The molecule has 1 unspecified atom stereocenters. The molecule has 128 valence electrons. The molecule has 3 N–H and O–H groups in total. The van der Waals surface area contributed by atoms with E-state index in [2.05, 4.69) is 0 Å². The van der Waals surface area contributed by atoms with Gasteiger partial charge in [-0.3, -0.25) is 10.0 Å². The third kappa shape index (κ3) is 3.37. The Labute approximate surface area is 148 Å². The topological polar surface area (TPSA) is 106 Å². The summed E-state index contributed by atoms with van der Waals surface area (Å²) in [5.41, 5.74) is 3.38. The standard InChI is InChI=1S/C17H14ClN3O4/c18-13-3-1-10(7-19)5-12(13)8-21-14-6-11(17(23)20-24)2-4-15(14)25-9-16(21)22/h1-6,16,22,24H,8-9H2,(H,20,23). The van der Waals surface area contributed by atoms with E-state index in [4.69, 9.17) is 26.8 Å². The van der Waals surface area contributed by atoms with Crippen molar-refractivity contribution in [1.29, 1.82) is 5.26 Å². The number of nitrogens with zero attached hydrogens (tertiary/aromatic N) is 2. The number of hydrogen-bond acceptors (Lipinski definition) is 6. The molecule has 0 aliphatic carbocycles. The number of halogens is 1. The number of aliphatic hydroxyl groups excluding tert-OH is 1. The van der Waals surface area contributed by atoms with Gasteiger partial charge in [0.15, 0.2) is 6.23 Å². The van der Waals surface area contributed by atoms with Gasteiger partial charge in [0.25, 0.3) is 5.91 Å². The molecule has 1 amide bonds. The smallest absolute Gasteiger partial charge is 0.274 e. The SMILES string of the molecule is N#Cc1ccc(Cl)c(CN2c3cc(C(=O)NO)ccc3OCC2O)c1. The number of carbonyl (C=O) groups is 1. The van der Waals surface area contributed by atoms with Crippen LogP contribution in [0.25, 0.3) is 0 Å². The first-order chi connectivity index (χ1) is 12.0. The van der Waals surface area contributed by atoms with Gasteiger partial charge in [0.2, 0.25) is 0 Å². The number of fused-ring (bicyclic) bond motifs is 1. The summed E-state index contributed by atoms with van der Waals surface area (Å²) in [7, 11) is 0. The summed E-state index contributed by atoms with van der Waals surface area (Å²) in [4.78, 5) is 13.3. The van der Waals surface area contributed by atoms with E-state index in [1.807, 2.05) is 6.07 Å². The molecule has 2 aromatic rings. The highest BCUT2D eigenvalue weighted by Crippen LogP contribution is 2.36. The van der Waals surface area contributed by atoms with Crippen LogP contribution in [-0.2, 0) is 6.54 Å². The van der Waals surface area contributed by atoms with Crippen LogP contribution >= 0.6 is 11.6 Å². The molecule has 0 radical (unpaired) electrons. The number of benzene rings is 2. The van der Waals surface area contributed by atoms with Gasteiger partial charge in [-0.2, -0.15) is 5.26 Å². The van der Waals surface area contributed by atoms with Crippen LogP contribution in [0, 0.1) is 11.3 Å². The van der Waals surface area contributed by atoms with E-state index in [0.717, 1.165) is 0 Å². The Balaban J connectivity index is 2.00. The Kier molecular flexibility index (Phi) is 4.76. The molecule has 0 bridgehead atoms. The third-order valence-corrected chi connectivity index (χ3v) is 4.26. The number of carbonyl (C=O) groups excluding carboxylic acids is 1. The Morgan fingerprint density at radius 1 is 1.40 bits per heavy atom. The number of ether oxygens (including phenoxy) is 1. The van der Waals surface area contributed by atoms with E-state index in [0.29, 0.717) is 27.6 Å². The summed E-state index contributed by atoms with van der Waals surface area (Å²) in [6.45, 7) is 0.268. The van der Waals surface area contributed by atoms with Crippen molar-refractivity contribution in [2.75, 3.05) is 11.5 Å². The highest BCUT2D eigenvalue weighted by Gasteiger charge is 2.27. The fraction of sp³-hybridized carbons (Fsp3) is 0.176. The van der Waals surface area contributed by atoms with Gasteiger partial charge in [0.05, 0.1) is 17.3 Å². The maximum atomic E-state index is 11.6. The lowest BCUT2D eigenvalue weighted by Crippen LogP contribution is -2.42. The summed E-state index contributed by atoms with van der Waals surface area (Å²) in [5.74, 6) is -0.181. The number of aliphatic hydroxyl groups is 1. The van der Waals surface area contributed by atoms with Gasteiger partial charge in [0, 0.05) is 17.1 Å². The predicted octanol–water partition coefficient (Wildman–Crippen LogP) is 2.05. The molecule has 1 aliphatic heterocycles. The minimum absolute atomic E-state index is 0.0497. The molecule has 0 spiro atoms. The quantitative estimate of drug-likeness (QED) is 0.572. The number of rotatable bonds is 3. The summed E-state index contributed by atoms with van der Waals surface area (Å²) in [6, 6.07) is 11.5. The van der Waals surface area contributed by atoms with Crippen LogP contribution in [-0.4, -0.2) is 29.1 Å². The van der Waals surface area contributed by atoms with Crippen molar-refractivity contribution in [3.05, 3.63) is 58.1 Å². The minimum Gasteiger partial charge on any atom is -0.487 e. The lowest BCUT2D eigenvalue weighted by Gasteiger charge is -2.36. The summed E-state index contributed by atoms with van der Waals surface area (Å²) >= 11 is 6.21. The zero-order valence-corrected chi connectivity index (χ0v) is 13.7. The zero-order chi connectivity index (χ0) is 18.0. The van der Waals surface area contributed by atoms with Gasteiger partial charge in [-0.1, -0.05) is 11.6 Å². The molecule has 0 saturated heterocycles. The van der Waals surface area contributed by atoms with Crippen LogP contribution in [0.4, 0.5) is 5.69 Å². The highest BCUT2D eigenvalue weighted by atomic mass is 35.5. The molecular formula is C17H14ClN3O4. The first kappa shape index (κ1) is 17.0. The van der Waals surface area contributed by atoms with Crippen molar-refractivity contribution in [1.82, 2.24) is 5.48 Å². The summed E-state index contributed by atoms with van der Waals surface area (Å²) in [5, 5.41) is 28.6. The molecule has 0 fully saturated rings. The van der Waals surface area contributed by atoms with E-state index in [9.17, 15) is 9.90 Å². The van der Waals surface area contributed by atoms with Gasteiger partial charge < -0.3 is 14.7 Å². The number of nitrogens with one attached hydrogen (secondary N) is 1. The lowest BCUT2D eigenvalue weighted by molar-refractivity contribution is 0.0704. The second-order valence-corrected chi connectivity index (χ2v) is 5.87. The molecule has 1 aliphatic rings. The van der Waals surface area contributed by atoms with Crippen molar-refractivity contribution < 1.29 is 19.8 Å². The second-order valence-electron chi connectivity index (χ2n) is 5.46. The average Bonchev–Trinajstić information content (AvgIpc) is 2.64. The third-order valence-electron chi connectivity index (χ3n) is 3.90. The Hall–Kier alpha value is -2.79. The van der Waals surface area contributed by atoms with Crippen LogP contribution in [0.3, 0.4) is 0 Å². The van der Waals surface area contributed by atoms with Gasteiger partial charge in [-0.25, -0.2) is 5.48 Å². The maximum Gasteiger partial charge on any atom is 0.274 e. The van der Waals surface area contributed by atoms with Crippen LogP contribution in [0.15, 0.2) is 36.4 Å². The van der Waals surface area contributed by atoms with Gasteiger partial charge in [-0.15, -0.1) is 0 Å². The van der Waals surface area contributed by atoms with Crippen molar-refractivity contribution in [2.24, 2.45) is 0 Å². The fourth-order valence-corrected chi connectivity index (χ4v) is 2.80. The fourth-order valence-electron chi connectivity index (χ4n) is 2.62. The molecule has 25 heavy (non-hydrogen) atoms. The van der Waals surface area contributed by atoms with Gasteiger partial charge in [0.1, 0.15) is 12.4 Å². The highest BCUT2D eigenvalue weighted by molar-refractivity contribution is 6.31. The largest absolute Gasteiger partial charge is 0.487 e. The molecule has 0 aromatic heterocycles. The summed E-state index contributed by atoms with van der Waals surface area (Å²) < 4.78 is 5.48. The van der Waals surface area contributed by atoms with E-state index in [1.54, 1.807) is 34.6 Å². The van der Waals surface area contributed by atoms with E-state index < -0.39 is 12.1 Å². The van der Waals surface area contributed by atoms with E-state index in [-0.39, 0.29) is 18.7 Å². The lowest BCUT2D eigenvalue weighted by atomic mass is 10.1. The minimum atomic E-state index is -0.957. The van der Waals surface area contributed by atoms with E-state index >= 15 is 0 Å². The average molecular weight is 360 g/mol. The monoisotopic (exact) mass is 359 g/mol. The Morgan fingerprint density at radius 2 is 2.20 bits per heavy atom. The van der Waals surface area contributed by atoms with Crippen LogP contribution in [0.5, 0.6) is 5.75 Å². The zero-order valence-electron chi connectivity index (χ0n) is 12.9. The maximum absolute atomic E-state index is 11.6. The molecule has 1 atom stereocenters. The number of anilines is 1. The molecule has 1 heterocycles. The summed E-state index contributed by atoms with van der Waals surface area (Å²) in [6.07, 6.45) is -0.957. The van der Waals surface area contributed by atoms with Gasteiger partial charge >= 0.3 is 0 Å². The van der Waals surface area contributed by atoms with Crippen molar-refractivity contribution in [2.45, 2.75) is 12.8 Å². The second kappa shape index (κ2) is 6.99. The van der Waals surface area contributed by atoms with Crippen LogP contribution < -0.4 is 15.1 Å². The first-order valence-electron chi connectivity index (χ1n) is 7.38. The van der Waals surface area contributed by atoms with Gasteiger partial charge in [-0.05, 0) is 42.0 Å². The predicted molar refractivity (Wildman–Crippen MR) is 89.5 cm³/mol. The molecule has 0 saturated carbocycles. The molecule has 7 nitrogen and oxygen atoms in total. The van der Waals surface area contributed by atoms with Crippen LogP contribution in [0.1, 0.15) is 21.5 Å². The number of hydrogen-bond donors (Lipinski definition) is 3. The number of nitriles is 1. The molecule has 8 heteroatoms. The first-order valence-corrected chi connectivity index (χ1v) is 7.76. The number of hydroxylamine groups is 1. The van der Waals surface area contributed by atoms with E-state index in [1.165, 1.54) is 12.1 Å². The Morgan fingerprint density at radius 3 is 2.92 bits per heavy atom. The molecular weight excluding hydrogens is 346 g/mol. The van der Waals surface area contributed by atoms with Crippen LogP contribution in [0.2, 0.25) is 5.02 Å². The van der Waals surface area contributed by atoms with Crippen molar-refractivity contribution in [3.8, 4) is 11.8 Å². The molecule has 2 aromatic carbocycles.